The van der Waals surface area contributed by atoms with Crippen LogP contribution >= 0.6 is 0 Å². The van der Waals surface area contributed by atoms with Crippen molar-refractivity contribution in [2.45, 2.75) is 19.3 Å². The average Bonchev–Trinajstić information content (AvgIpc) is 3.86. The molecule has 204 valence electrons. The summed E-state index contributed by atoms with van der Waals surface area (Å²) in [4.78, 5) is 20.5. The maximum Gasteiger partial charge on any atom is 0.0893 e. The molecule has 1 fully saturated rings. The Morgan fingerprint density at radius 1 is 0.500 bits per heavy atom. The van der Waals surface area contributed by atoms with Gasteiger partial charge in [-0.25, -0.2) is 9.97 Å². The molecule has 5 aromatic rings. The molecule has 0 spiro atoms. The molecule has 3 aromatic heterocycles. The number of aromatic nitrogens is 4. The Bertz CT molecular complexity index is 1870. The van der Waals surface area contributed by atoms with Crippen molar-refractivity contribution < 1.29 is 0 Å². The first kappa shape index (κ1) is 24.6. The van der Waals surface area contributed by atoms with Gasteiger partial charge < -0.3 is 14.9 Å². The Morgan fingerprint density at radius 3 is 1.48 bits per heavy atom. The zero-order valence-corrected chi connectivity index (χ0v) is 23.3. The lowest BCUT2D eigenvalue weighted by molar-refractivity contribution is 0.576. The molecule has 8 rings (SSSR count). The molecule has 8 bridgehead atoms. The summed E-state index contributed by atoms with van der Waals surface area (Å²) in [6.45, 7) is 2.03. The maximum atomic E-state index is 5.31. The molecule has 0 atom stereocenters. The van der Waals surface area contributed by atoms with Crippen LogP contribution in [0.2, 0.25) is 0 Å². The number of benzene rings is 2. The summed E-state index contributed by atoms with van der Waals surface area (Å²) >= 11 is 0. The molecule has 3 aliphatic rings. The normalized spacial score (nSPS) is 14.4. The average molecular weight is 546 g/mol. The minimum atomic E-state index is 0.955. The first-order valence-corrected chi connectivity index (χ1v) is 14.8. The van der Waals surface area contributed by atoms with Crippen LogP contribution in [0.4, 0.5) is 5.69 Å². The molecule has 0 saturated carbocycles. The van der Waals surface area contributed by atoms with E-state index in [4.69, 9.17) is 9.97 Å². The Balaban J connectivity index is 1.51. The second-order valence-electron chi connectivity index (χ2n) is 11.1. The number of nitrogens with one attached hydrogen (secondary N) is 2. The van der Waals surface area contributed by atoms with Crippen molar-refractivity contribution in [2.24, 2.45) is 0 Å². The Labute approximate surface area is 244 Å². The lowest BCUT2D eigenvalue weighted by atomic mass is 10.0. The van der Waals surface area contributed by atoms with E-state index in [1.807, 2.05) is 0 Å². The smallest absolute Gasteiger partial charge is 0.0893 e. The molecule has 2 N–H and O–H groups in total. The minimum Gasteiger partial charge on any atom is -0.368 e. The lowest BCUT2D eigenvalue weighted by Gasteiger charge is -2.29. The summed E-state index contributed by atoms with van der Waals surface area (Å²) in [5.74, 6) is 0. The number of rotatable bonds is 3. The fraction of sp³-hybridized carbons (Fsp3) is 0.135. The van der Waals surface area contributed by atoms with Gasteiger partial charge in [-0.05, 0) is 85.0 Å². The van der Waals surface area contributed by atoms with Gasteiger partial charge in [0.1, 0.15) is 0 Å². The van der Waals surface area contributed by atoms with Gasteiger partial charge in [0.05, 0.1) is 28.5 Å². The standard InChI is InChI=1S/C37H31N5/c1-4-10-25(11-5-1)35-29-16-14-27(38-29)24-28-15-17-30(39-28)36(26-12-6-2-7-13-26)32-19-21-34(41-32)37(33-20-18-31(35)40-33)42-22-8-3-9-23-42/h1-2,4-7,10-21,24,38-39H,3,8-9,22-23H2. The number of hydrogen-bond donors (Lipinski definition) is 2. The third-order valence-corrected chi connectivity index (χ3v) is 8.34. The van der Waals surface area contributed by atoms with Crippen molar-refractivity contribution in [3.63, 3.8) is 0 Å². The third-order valence-electron chi connectivity index (χ3n) is 8.34. The van der Waals surface area contributed by atoms with Gasteiger partial charge in [-0.3, -0.25) is 0 Å². The van der Waals surface area contributed by atoms with Crippen LogP contribution in [0.15, 0.2) is 91.0 Å². The number of aromatic amines is 2. The number of nitrogens with zero attached hydrogens (tertiary/aromatic N) is 3. The summed E-state index contributed by atoms with van der Waals surface area (Å²) in [6, 6.07) is 31.8. The van der Waals surface area contributed by atoms with E-state index < -0.39 is 0 Å². The summed E-state index contributed by atoms with van der Waals surface area (Å²) in [5, 5.41) is 0. The van der Waals surface area contributed by atoms with E-state index in [1.165, 1.54) is 19.3 Å². The molecule has 6 heterocycles. The van der Waals surface area contributed by atoms with Gasteiger partial charge in [-0.1, -0.05) is 60.7 Å². The largest absolute Gasteiger partial charge is 0.368 e. The molecule has 5 nitrogen and oxygen atoms in total. The Kier molecular flexibility index (Phi) is 6.07. The van der Waals surface area contributed by atoms with Crippen LogP contribution in [-0.4, -0.2) is 33.0 Å². The molecule has 0 radical (unpaired) electrons. The SMILES string of the molecule is C1=Cc2nc1c(N1CCCCC1)c1nc(c(-c3ccccc3)c3ccc(cc4ccc([nH]4)c2-c2ccccc2)[nH]3)C=C1. The Morgan fingerprint density at radius 2 is 0.976 bits per heavy atom. The van der Waals surface area contributed by atoms with Crippen molar-refractivity contribution in [3.05, 3.63) is 114 Å². The molecule has 5 heteroatoms. The van der Waals surface area contributed by atoms with Crippen LogP contribution in [0.5, 0.6) is 0 Å². The van der Waals surface area contributed by atoms with Crippen molar-refractivity contribution >= 4 is 52.1 Å². The molecular weight excluding hydrogens is 514 g/mol. The van der Waals surface area contributed by atoms with Crippen LogP contribution < -0.4 is 4.90 Å². The predicted molar refractivity (Wildman–Crippen MR) is 176 cm³/mol. The summed E-state index contributed by atoms with van der Waals surface area (Å²) in [6.07, 6.45) is 12.3. The molecule has 0 amide bonds. The van der Waals surface area contributed by atoms with Crippen LogP contribution in [0, 0.1) is 0 Å². The molecule has 0 unspecified atom stereocenters. The molecule has 0 aliphatic carbocycles. The van der Waals surface area contributed by atoms with Gasteiger partial charge in [0.25, 0.3) is 0 Å². The van der Waals surface area contributed by atoms with Gasteiger partial charge >= 0.3 is 0 Å². The molecular formula is C37H31N5. The van der Waals surface area contributed by atoms with Crippen LogP contribution in [0.3, 0.4) is 0 Å². The van der Waals surface area contributed by atoms with Crippen molar-refractivity contribution in [1.82, 2.24) is 19.9 Å². The second kappa shape index (κ2) is 10.3. The van der Waals surface area contributed by atoms with Gasteiger partial charge in [0, 0.05) is 46.3 Å². The van der Waals surface area contributed by atoms with Crippen molar-refractivity contribution in [1.29, 1.82) is 0 Å². The van der Waals surface area contributed by atoms with E-state index in [1.54, 1.807) is 0 Å². The van der Waals surface area contributed by atoms with Crippen molar-refractivity contribution in [3.8, 4) is 22.3 Å². The molecule has 42 heavy (non-hydrogen) atoms. The van der Waals surface area contributed by atoms with Gasteiger partial charge in [-0.2, -0.15) is 0 Å². The van der Waals surface area contributed by atoms with E-state index >= 15 is 0 Å². The van der Waals surface area contributed by atoms with Gasteiger partial charge in [-0.15, -0.1) is 0 Å². The van der Waals surface area contributed by atoms with Crippen LogP contribution in [0.1, 0.15) is 42.0 Å². The first-order chi connectivity index (χ1) is 20.8. The van der Waals surface area contributed by atoms with E-state index in [0.717, 1.165) is 85.9 Å². The van der Waals surface area contributed by atoms with Crippen LogP contribution in [0.25, 0.3) is 68.6 Å². The Hall–Kier alpha value is -5.16. The molecule has 1 saturated heterocycles. The first-order valence-electron chi connectivity index (χ1n) is 14.8. The van der Waals surface area contributed by atoms with Crippen molar-refractivity contribution in [2.75, 3.05) is 18.0 Å². The number of fused-ring (bicyclic) bond motifs is 8. The van der Waals surface area contributed by atoms with Gasteiger partial charge in [0.2, 0.25) is 0 Å². The maximum absolute atomic E-state index is 5.31. The number of piperidine rings is 1. The highest BCUT2D eigenvalue weighted by Gasteiger charge is 2.22. The third kappa shape index (κ3) is 4.44. The van der Waals surface area contributed by atoms with E-state index in [2.05, 4.69) is 130 Å². The fourth-order valence-corrected chi connectivity index (χ4v) is 6.38. The quantitative estimate of drug-likeness (QED) is 0.233. The highest BCUT2D eigenvalue weighted by atomic mass is 15.2. The zero-order valence-electron chi connectivity index (χ0n) is 23.3. The van der Waals surface area contributed by atoms with E-state index in [9.17, 15) is 0 Å². The molecule has 3 aliphatic heterocycles. The lowest BCUT2D eigenvalue weighted by Crippen LogP contribution is -2.30. The summed E-state index contributed by atoms with van der Waals surface area (Å²) in [7, 11) is 0. The number of hydrogen-bond acceptors (Lipinski definition) is 3. The highest BCUT2D eigenvalue weighted by molar-refractivity contribution is 5.95. The zero-order chi connectivity index (χ0) is 27.9. The van der Waals surface area contributed by atoms with Crippen LogP contribution in [-0.2, 0) is 0 Å². The summed E-state index contributed by atoms with van der Waals surface area (Å²) < 4.78 is 0. The highest BCUT2D eigenvalue weighted by Crippen LogP contribution is 2.37. The predicted octanol–water partition coefficient (Wildman–Crippen LogP) is 8.98. The number of anilines is 1. The van der Waals surface area contributed by atoms with E-state index in [-0.39, 0.29) is 0 Å². The number of H-pyrrole nitrogens is 2. The fourth-order valence-electron chi connectivity index (χ4n) is 6.38. The van der Waals surface area contributed by atoms with E-state index in [0.29, 0.717) is 0 Å². The summed E-state index contributed by atoms with van der Waals surface area (Å²) in [5.41, 5.74) is 13.6. The second-order valence-corrected chi connectivity index (χ2v) is 11.1. The topological polar surface area (TPSA) is 60.6 Å². The molecule has 2 aromatic carbocycles. The minimum absolute atomic E-state index is 0.955. The van der Waals surface area contributed by atoms with Gasteiger partial charge in [0.15, 0.2) is 0 Å². The monoisotopic (exact) mass is 545 g/mol.